The molecule has 0 saturated carbocycles. The van der Waals surface area contributed by atoms with E-state index in [1.54, 1.807) is 0 Å². The van der Waals surface area contributed by atoms with Gasteiger partial charge in [-0.05, 0) is 48.2 Å². The molecule has 0 atom stereocenters. The third kappa shape index (κ3) is 2.78. The summed E-state index contributed by atoms with van der Waals surface area (Å²) in [5, 5.41) is 0. The van der Waals surface area contributed by atoms with Crippen LogP contribution in [0.2, 0.25) is 0 Å². The smallest absolute Gasteiger partial charge is 0.253 e. The number of fused-ring (bicyclic) bond motifs is 1. The molecule has 102 valence electrons. The van der Waals surface area contributed by atoms with Crippen molar-refractivity contribution in [1.82, 2.24) is 4.90 Å². The van der Waals surface area contributed by atoms with Crippen LogP contribution in [0.5, 0.6) is 0 Å². The van der Waals surface area contributed by atoms with Crippen LogP contribution in [0.1, 0.15) is 21.5 Å². The predicted octanol–water partition coefficient (Wildman–Crippen LogP) is 3.69. The van der Waals surface area contributed by atoms with Gasteiger partial charge in [0.25, 0.3) is 5.91 Å². The van der Waals surface area contributed by atoms with Crippen LogP contribution in [-0.4, -0.2) is 23.9 Å². The van der Waals surface area contributed by atoms with E-state index in [1.807, 2.05) is 29.2 Å². The number of hydrogen-bond acceptors (Lipinski definition) is 1. The van der Waals surface area contributed by atoms with Gasteiger partial charge in [0.2, 0.25) is 0 Å². The van der Waals surface area contributed by atoms with E-state index in [1.165, 1.54) is 11.1 Å². The minimum Gasteiger partial charge on any atom is -0.338 e. The monoisotopic (exact) mass is 329 g/mol. The lowest BCUT2D eigenvalue weighted by atomic mass is 10.0. The Labute approximate surface area is 127 Å². The molecule has 0 saturated heterocycles. The van der Waals surface area contributed by atoms with E-state index >= 15 is 0 Å². The summed E-state index contributed by atoms with van der Waals surface area (Å²) in [4.78, 5) is 14.5. The molecule has 0 aromatic heterocycles. The lowest BCUT2D eigenvalue weighted by molar-refractivity contribution is 0.0763. The summed E-state index contributed by atoms with van der Waals surface area (Å²) in [6.07, 6.45) is 1.89. The first-order valence-electron chi connectivity index (χ1n) is 6.85. The third-order valence-corrected chi connectivity index (χ3v) is 4.33. The highest BCUT2D eigenvalue weighted by molar-refractivity contribution is 9.10. The molecule has 20 heavy (non-hydrogen) atoms. The van der Waals surface area contributed by atoms with Gasteiger partial charge in [0.15, 0.2) is 0 Å². The van der Waals surface area contributed by atoms with Crippen molar-refractivity contribution in [3.63, 3.8) is 0 Å². The summed E-state index contributed by atoms with van der Waals surface area (Å²) in [5.41, 5.74) is 3.51. The van der Waals surface area contributed by atoms with Crippen molar-refractivity contribution in [2.45, 2.75) is 12.8 Å². The number of carbonyl (C=O) groups excluding carboxylic acids is 1. The zero-order valence-corrected chi connectivity index (χ0v) is 12.8. The van der Waals surface area contributed by atoms with Crippen LogP contribution < -0.4 is 0 Å². The SMILES string of the molecule is O=C(c1ccc(Br)cc1)N1CCc2ccccc2CC1. The molecule has 0 N–H and O–H groups in total. The number of carbonyl (C=O) groups is 1. The third-order valence-electron chi connectivity index (χ3n) is 3.80. The first-order valence-corrected chi connectivity index (χ1v) is 7.65. The van der Waals surface area contributed by atoms with Gasteiger partial charge in [0.1, 0.15) is 0 Å². The van der Waals surface area contributed by atoms with Crippen LogP contribution in [0.25, 0.3) is 0 Å². The molecule has 0 bridgehead atoms. The lowest BCUT2D eigenvalue weighted by Gasteiger charge is -2.20. The Morgan fingerprint density at radius 3 is 2.00 bits per heavy atom. The van der Waals surface area contributed by atoms with Crippen LogP contribution in [0.3, 0.4) is 0 Å². The summed E-state index contributed by atoms with van der Waals surface area (Å²) >= 11 is 3.40. The van der Waals surface area contributed by atoms with Crippen LogP contribution in [0.15, 0.2) is 53.0 Å². The summed E-state index contributed by atoms with van der Waals surface area (Å²) in [7, 11) is 0. The van der Waals surface area contributed by atoms with E-state index < -0.39 is 0 Å². The second-order valence-corrected chi connectivity index (χ2v) is 5.98. The number of rotatable bonds is 1. The molecule has 0 fully saturated rings. The molecule has 2 nitrogen and oxygen atoms in total. The van der Waals surface area contributed by atoms with Gasteiger partial charge < -0.3 is 4.90 Å². The van der Waals surface area contributed by atoms with Crippen molar-refractivity contribution >= 4 is 21.8 Å². The van der Waals surface area contributed by atoms with Gasteiger partial charge in [-0.1, -0.05) is 40.2 Å². The Bertz CT molecular complexity index is 594. The van der Waals surface area contributed by atoms with Crippen LogP contribution in [0.4, 0.5) is 0 Å². The number of nitrogens with zero attached hydrogens (tertiary/aromatic N) is 1. The summed E-state index contributed by atoms with van der Waals surface area (Å²) in [5.74, 6) is 0.130. The number of benzene rings is 2. The Balaban J connectivity index is 1.76. The summed E-state index contributed by atoms with van der Waals surface area (Å²) in [6, 6.07) is 16.1. The molecule has 2 aromatic rings. The van der Waals surface area contributed by atoms with Gasteiger partial charge in [0.05, 0.1) is 0 Å². The second kappa shape index (κ2) is 5.80. The molecular formula is C17H16BrNO. The fraction of sp³-hybridized carbons (Fsp3) is 0.235. The van der Waals surface area contributed by atoms with Crippen LogP contribution in [0, 0.1) is 0 Å². The van der Waals surface area contributed by atoms with Crippen molar-refractivity contribution in [2.24, 2.45) is 0 Å². The maximum absolute atomic E-state index is 12.5. The maximum Gasteiger partial charge on any atom is 0.253 e. The highest BCUT2D eigenvalue weighted by Gasteiger charge is 2.19. The highest BCUT2D eigenvalue weighted by atomic mass is 79.9. The highest BCUT2D eigenvalue weighted by Crippen LogP contribution is 2.18. The topological polar surface area (TPSA) is 20.3 Å². The van der Waals surface area contributed by atoms with Crippen molar-refractivity contribution in [2.75, 3.05) is 13.1 Å². The molecule has 3 heteroatoms. The van der Waals surface area contributed by atoms with E-state index in [2.05, 4.69) is 40.2 Å². The lowest BCUT2D eigenvalue weighted by Crippen LogP contribution is -2.33. The van der Waals surface area contributed by atoms with Gasteiger partial charge in [-0.15, -0.1) is 0 Å². The number of hydrogen-bond donors (Lipinski definition) is 0. The van der Waals surface area contributed by atoms with Gasteiger partial charge >= 0.3 is 0 Å². The normalized spacial score (nSPS) is 14.6. The maximum atomic E-state index is 12.5. The number of amides is 1. The predicted molar refractivity (Wildman–Crippen MR) is 83.9 cm³/mol. The molecule has 0 aliphatic carbocycles. The van der Waals surface area contributed by atoms with E-state index in [0.29, 0.717) is 0 Å². The van der Waals surface area contributed by atoms with Gasteiger partial charge in [-0.2, -0.15) is 0 Å². The quantitative estimate of drug-likeness (QED) is 0.781. The average Bonchev–Trinajstić information content (AvgIpc) is 2.70. The molecule has 2 aromatic carbocycles. The molecule has 0 spiro atoms. The van der Waals surface area contributed by atoms with Crippen molar-refractivity contribution in [3.05, 3.63) is 69.7 Å². The standard InChI is InChI=1S/C17H16BrNO/c18-16-7-5-15(6-8-16)17(20)19-11-9-13-3-1-2-4-14(13)10-12-19/h1-8H,9-12H2. The summed E-state index contributed by atoms with van der Waals surface area (Å²) in [6.45, 7) is 1.60. The first kappa shape index (κ1) is 13.4. The Hall–Kier alpha value is -1.61. The number of halogens is 1. The average molecular weight is 330 g/mol. The zero-order valence-electron chi connectivity index (χ0n) is 11.2. The molecule has 1 aliphatic rings. The largest absolute Gasteiger partial charge is 0.338 e. The van der Waals surface area contributed by atoms with Gasteiger partial charge in [-0.3, -0.25) is 4.79 Å². The second-order valence-electron chi connectivity index (χ2n) is 5.07. The van der Waals surface area contributed by atoms with E-state index in [4.69, 9.17) is 0 Å². The fourth-order valence-corrected chi connectivity index (χ4v) is 2.91. The van der Waals surface area contributed by atoms with E-state index in [0.717, 1.165) is 36.0 Å². The molecule has 0 unspecified atom stereocenters. The van der Waals surface area contributed by atoms with Gasteiger partial charge in [-0.25, -0.2) is 0 Å². The fourth-order valence-electron chi connectivity index (χ4n) is 2.65. The minimum absolute atomic E-state index is 0.130. The zero-order chi connectivity index (χ0) is 13.9. The van der Waals surface area contributed by atoms with E-state index in [-0.39, 0.29) is 5.91 Å². The van der Waals surface area contributed by atoms with Crippen LogP contribution in [-0.2, 0) is 12.8 Å². The molecule has 0 radical (unpaired) electrons. The van der Waals surface area contributed by atoms with Crippen molar-refractivity contribution < 1.29 is 4.79 Å². The molecule has 1 heterocycles. The summed E-state index contributed by atoms with van der Waals surface area (Å²) < 4.78 is 0.998. The molecule has 1 amide bonds. The van der Waals surface area contributed by atoms with Crippen LogP contribution >= 0.6 is 15.9 Å². The molecule has 1 aliphatic heterocycles. The molecule has 3 rings (SSSR count). The Morgan fingerprint density at radius 1 is 0.900 bits per heavy atom. The minimum atomic E-state index is 0.130. The van der Waals surface area contributed by atoms with Gasteiger partial charge in [0, 0.05) is 23.1 Å². The van der Waals surface area contributed by atoms with Crippen molar-refractivity contribution in [1.29, 1.82) is 0 Å². The first-order chi connectivity index (χ1) is 9.74. The van der Waals surface area contributed by atoms with Crippen molar-refractivity contribution in [3.8, 4) is 0 Å². The Kier molecular flexibility index (Phi) is 3.88. The Morgan fingerprint density at radius 2 is 1.45 bits per heavy atom. The van der Waals surface area contributed by atoms with E-state index in [9.17, 15) is 4.79 Å². The molecular weight excluding hydrogens is 314 g/mol.